The Bertz CT molecular complexity index is 588. The number of hydrogen-bond acceptors (Lipinski definition) is 3. The van der Waals surface area contributed by atoms with E-state index in [2.05, 4.69) is 32.3 Å². The molecule has 1 N–H and O–H groups in total. The number of nitrogens with zero attached hydrogens (tertiary/aromatic N) is 1. The van der Waals surface area contributed by atoms with E-state index in [4.69, 9.17) is 16.3 Å². The van der Waals surface area contributed by atoms with E-state index in [-0.39, 0.29) is 6.04 Å². The molecule has 98 valence electrons. The Kier molecular flexibility index (Phi) is 3.62. The number of aromatic nitrogens is 1. The number of rotatable bonds is 2. The zero-order chi connectivity index (χ0) is 13.2. The average molecular weight is 340 g/mol. The number of ether oxygens (including phenoxy) is 1. The highest BCUT2D eigenvalue weighted by Crippen LogP contribution is 2.36. The first kappa shape index (κ1) is 12.8. The monoisotopic (exact) mass is 338 g/mol. The minimum Gasteiger partial charge on any atom is -0.493 e. The van der Waals surface area contributed by atoms with Gasteiger partial charge in [-0.05, 0) is 30.3 Å². The molecule has 3 rings (SSSR count). The molecule has 0 amide bonds. The molecule has 1 aliphatic rings. The van der Waals surface area contributed by atoms with E-state index in [0.717, 1.165) is 27.9 Å². The van der Waals surface area contributed by atoms with Crippen LogP contribution < -0.4 is 10.1 Å². The molecule has 0 aliphatic carbocycles. The highest BCUT2D eigenvalue weighted by atomic mass is 79.9. The molecule has 19 heavy (non-hydrogen) atoms. The van der Waals surface area contributed by atoms with Gasteiger partial charge in [0.2, 0.25) is 0 Å². The lowest BCUT2D eigenvalue weighted by atomic mass is 10.0. The summed E-state index contributed by atoms with van der Waals surface area (Å²) in [5, 5.41) is 3.97. The van der Waals surface area contributed by atoms with Crippen molar-refractivity contribution >= 4 is 33.2 Å². The molecule has 0 saturated heterocycles. The van der Waals surface area contributed by atoms with Crippen LogP contribution in [0.2, 0.25) is 5.15 Å². The molecule has 0 saturated carbocycles. The van der Waals surface area contributed by atoms with E-state index >= 15 is 0 Å². The standard InChI is InChI=1S/C14H12BrClN2O/c15-9-1-3-13-11(7-9)12(5-6-19-13)18-10-2-4-14(16)17-8-10/h1-4,7-8,12,18H,5-6H2. The molecule has 1 unspecified atom stereocenters. The molecule has 1 aromatic heterocycles. The summed E-state index contributed by atoms with van der Waals surface area (Å²) in [5.41, 5.74) is 2.12. The molecule has 2 heterocycles. The van der Waals surface area contributed by atoms with Gasteiger partial charge >= 0.3 is 0 Å². The summed E-state index contributed by atoms with van der Waals surface area (Å²) in [6.45, 7) is 0.716. The van der Waals surface area contributed by atoms with Crippen LogP contribution >= 0.6 is 27.5 Å². The first-order valence-corrected chi connectivity index (χ1v) is 7.20. The molecule has 2 aromatic rings. The maximum atomic E-state index is 5.79. The van der Waals surface area contributed by atoms with Crippen LogP contribution in [0, 0.1) is 0 Å². The second kappa shape index (κ2) is 5.39. The number of halogens is 2. The van der Waals surface area contributed by atoms with Crippen molar-refractivity contribution in [3.63, 3.8) is 0 Å². The maximum Gasteiger partial charge on any atom is 0.129 e. The summed E-state index contributed by atoms with van der Waals surface area (Å²) in [6.07, 6.45) is 2.67. The van der Waals surface area contributed by atoms with Crippen molar-refractivity contribution in [1.82, 2.24) is 4.98 Å². The summed E-state index contributed by atoms with van der Waals surface area (Å²) in [4.78, 5) is 4.08. The van der Waals surface area contributed by atoms with E-state index in [1.807, 2.05) is 18.2 Å². The number of nitrogens with one attached hydrogen (secondary N) is 1. The largest absolute Gasteiger partial charge is 0.493 e. The molecule has 1 aliphatic heterocycles. The van der Waals surface area contributed by atoms with Crippen molar-refractivity contribution in [2.45, 2.75) is 12.5 Å². The minimum atomic E-state index is 0.226. The summed E-state index contributed by atoms with van der Waals surface area (Å²) in [6, 6.07) is 10.0. The van der Waals surface area contributed by atoms with Crippen molar-refractivity contribution < 1.29 is 4.74 Å². The van der Waals surface area contributed by atoms with E-state index < -0.39 is 0 Å². The van der Waals surface area contributed by atoms with E-state index in [1.54, 1.807) is 12.3 Å². The summed E-state index contributed by atoms with van der Waals surface area (Å²) in [7, 11) is 0. The highest BCUT2D eigenvalue weighted by molar-refractivity contribution is 9.10. The van der Waals surface area contributed by atoms with Gasteiger partial charge in [0, 0.05) is 16.5 Å². The molecule has 0 bridgehead atoms. The van der Waals surface area contributed by atoms with Gasteiger partial charge in [-0.2, -0.15) is 0 Å². The Morgan fingerprint density at radius 3 is 3.00 bits per heavy atom. The molecular weight excluding hydrogens is 328 g/mol. The Labute approximate surface area is 125 Å². The summed E-state index contributed by atoms with van der Waals surface area (Å²) < 4.78 is 6.72. The predicted molar refractivity (Wildman–Crippen MR) is 79.9 cm³/mol. The van der Waals surface area contributed by atoms with Gasteiger partial charge in [-0.1, -0.05) is 27.5 Å². The highest BCUT2D eigenvalue weighted by Gasteiger charge is 2.21. The Morgan fingerprint density at radius 2 is 2.21 bits per heavy atom. The Balaban J connectivity index is 1.87. The maximum absolute atomic E-state index is 5.79. The second-order valence-corrected chi connectivity index (χ2v) is 5.69. The number of pyridine rings is 1. The number of anilines is 1. The van der Waals surface area contributed by atoms with Gasteiger partial charge in [0.05, 0.1) is 24.5 Å². The number of hydrogen-bond donors (Lipinski definition) is 1. The third kappa shape index (κ3) is 2.85. The van der Waals surface area contributed by atoms with Crippen LogP contribution in [-0.4, -0.2) is 11.6 Å². The average Bonchev–Trinajstić information content (AvgIpc) is 2.42. The zero-order valence-electron chi connectivity index (χ0n) is 10.1. The molecule has 0 fully saturated rings. The summed E-state index contributed by atoms with van der Waals surface area (Å²) >= 11 is 9.29. The Morgan fingerprint density at radius 1 is 1.32 bits per heavy atom. The van der Waals surface area contributed by atoms with Gasteiger partial charge < -0.3 is 10.1 Å². The zero-order valence-corrected chi connectivity index (χ0v) is 12.4. The van der Waals surface area contributed by atoms with Crippen LogP contribution in [0.15, 0.2) is 41.0 Å². The van der Waals surface area contributed by atoms with Gasteiger partial charge in [-0.25, -0.2) is 4.98 Å². The first-order chi connectivity index (χ1) is 9.22. The van der Waals surface area contributed by atoms with Crippen molar-refractivity contribution in [2.75, 3.05) is 11.9 Å². The number of fused-ring (bicyclic) bond motifs is 1. The fraction of sp³-hybridized carbons (Fsp3) is 0.214. The van der Waals surface area contributed by atoms with Gasteiger partial charge in [-0.15, -0.1) is 0 Å². The van der Waals surface area contributed by atoms with Gasteiger partial charge in [0.25, 0.3) is 0 Å². The molecule has 1 aromatic carbocycles. The second-order valence-electron chi connectivity index (χ2n) is 4.39. The van der Waals surface area contributed by atoms with Crippen LogP contribution in [0.25, 0.3) is 0 Å². The predicted octanol–water partition coefficient (Wildman–Crippen LogP) is 4.43. The van der Waals surface area contributed by atoms with E-state index in [1.165, 1.54) is 0 Å². The quantitative estimate of drug-likeness (QED) is 0.822. The third-order valence-corrected chi connectivity index (χ3v) is 3.80. The Hall–Kier alpha value is -1.26. The molecule has 0 radical (unpaired) electrons. The van der Waals surface area contributed by atoms with Crippen LogP contribution in [0.4, 0.5) is 5.69 Å². The smallest absolute Gasteiger partial charge is 0.129 e. The van der Waals surface area contributed by atoms with Gasteiger partial charge in [-0.3, -0.25) is 0 Å². The van der Waals surface area contributed by atoms with Crippen LogP contribution in [-0.2, 0) is 0 Å². The van der Waals surface area contributed by atoms with E-state index in [0.29, 0.717) is 11.8 Å². The topological polar surface area (TPSA) is 34.1 Å². The lowest BCUT2D eigenvalue weighted by molar-refractivity contribution is 0.274. The molecular formula is C14H12BrClN2O. The SMILES string of the molecule is Clc1ccc(NC2CCOc3ccc(Br)cc32)cn1. The molecule has 3 nitrogen and oxygen atoms in total. The van der Waals surface area contributed by atoms with Gasteiger partial charge in [0.1, 0.15) is 10.9 Å². The normalized spacial score (nSPS) is 17.5. The van der Waals surface area contributed by atoms with Crippen molar-refractivity contribution in [1.29, 1.82) is 0 Å². The van der Waals surface area contributed by atoms with Crippen molar-refractivity contribution in [2.24, 2.45) is 0 Å². The summed E-state index contributed by atoms with van der Waals surface area (Å²) in [5.74, 6) is 0.939. The fourth-order valence-electron chi connectivity index (χ4n) is 2.18. The van der Waals surface area contributed by atoms with Crippen LogP contribution in [0.1, 0.15) is 18.0 Å². The van der Waals surface area contributed by atoms with E-state index in [9.17, 15) is 0 Å². The first-order valence-electron chi connectivity index (χ1n) is 6.03. The molecule has 0 spiro atoms. The third-order valence-electron chi connectivity index (χ3n) is 3.08. The molecule has 1 atom stereocenters. The van der Waals surface area contributed by atoms with Crippen LogP contribution in [0.3, 0.4) is 0 Å². The van der Waals surface area contributed by atoms with Crippen molar-refractivity contribution in [3.05, 3.63) is 51.7 Å². The lowest BCUT2D eigenvalue weighted by Gasteiger charge is -2.27. The fourth-order valence-corrected chi connectivity index (χ4v) is 2.67. The molecule has 5 heteroatoms. The lowest BCUT2D eigenvalue weighted by Crippen LogP contribution is -2.20. The van der Waals surface area contributed by atoms with Crippen LogP contribution in [0.5, 0.6) is 5.75 Å². The minimum absolute atomic E-state index is 0.226. The van der Waals surface area contributed by atoms with Crippen molar-refractivity contribution in [3.8, 4) is 5.75 Å². The number of benzene rings is 1. The van der Waals surface area contributed by atoms with Gasteiger partial charge in [0.15, 0.2) is 0 Å².